The number of fused-ring (bicyclic) bond motifs is 1. The molecule has 1 aromatic heterocycles. The molecule has 3 aromatic rings. The number of nitrogens with one attached hydrogen (secondary N) is 3. The second-order valence-corrected chi connectivity index (χ2v) is 6.56. The van der Waals surface area contributed by atoms with Crippen molar-refractivity contribution in [3.63, 3.8) is 0 Å². The van der Waals surface area contributed by atoms with Gasteiger partial charge >= 0.3 is 0 Å². The van der Waals surface area contributed by atoms with E-state index in [1.165, 1.54) is 6.92 Å². The summed E-state index contributed by atoms with van der Waals surface area (Å²) in [7, 11) is 0. The SMILES string of the molecule is CCc1cccc(NC(=O)C(C(C)=N)C(=O)Nc2ccc3cccnc3c2)c1. The van der Waals surface area contributed by atoms with Crippen molar-refractivity contribution in [3.05, 3.63) is 66.4 Å². The zero-order chi connectivity index (χ0) is 20.1. The first kappa shape index (κ1) is 19.2. The molecule has 0 saturated heterocycles. The Hall–Kier alpha value is -3.54. The summed E-state index contributed by atoms with van der Waals surface area (Å²) in [4.78, 5) is 29.6. The maximum Gasteiger partial charge on any atom is 0.242 e. The first-order valence-corrected chi connectivity index (χ1v) is 9.08. The van der Waals surface area contributed by atoms with Gasteiger partial charge in [-0.2, -0.15) is 0 Å². The van der Waals surface area contributed by atoms with Crippen LogP contribution in [0, 0.1) is 11.3 Å². The van der Waals surface area contributed by atoms with E-state index in [0.717, 1.165) is 22.9 Å². The predicted octanol–water partition coefficient (Wildman–Crippen LogP) is 4.03. The van der Waals surface area contributed by atoms with Gasteiger partial charge in [-0.05, 0) is 49.2 Å². The van der Waals surface area contributed by atoms with Crippen LogP contribution in [0.2, 0.25) is 0 Å². The highest BCUT2D eigenvalue weighted by Crippen LogP contribution is 2.19. The summed E-state index contributed by atoms with van der Waals surface area (Å²) in [6.07, 6.45) is 2.52. The van der Waals surface area contributed by atoms with Gasteiger partial charge in [-0.1, -0.05) is 31.2 Å². The van der Waals surface area contributed by atoms with Gasteiger partial charge < -0.3 is 16.0 Å². The van der Waals surface area contributed by atoms with Crippen molar-refractivity contribution < 1.29 is 9.59 Å². The van der Waals surface area contributed by atoms with Gasteiger partial charge in [0, 0.05) is 28.7 Å². The number of anilines is 2. The monoisotopic (exact) mass is 374 g/mol. The molecule has 0 spiro atoms. The van der Waals surface area contributed by atoms with E-state index in [0.29, 0.717) is 11.4 Å². The van der Waals surface area contributed by atoms with E-state index in [2.05, 4.69) is 15.6 Å². The third kappa shape index (κ3) is 4.40. The first-order valence-electron chi connectivity index (χ1n) is 9.08. The van der Waals surface area contributed by atoms with Crippen LogP contribution in [-0.2, 0) is 16.0 Å². The van der Waals surface area contributed by atoms with Crippen LogP contribution in [0.25, 0.3) is 10.9 Å². The summed E-state index contributed by atoms with van der Waals surface area (Å²) >= 11 is 0. The molecule has 28 heavy (non-hydrogen) atoms. The average Bonchev–Trinajstić information content (AvgIpc) is 2.67. The fraction of sp³-hybridized carbons (Fsp3) is 0.182. The molecule has 0 fully saturated rings. The fourth-order valence-electron chi connectivity index (χ4n) is 2.95. The second-order valence-electron chi connectivity index (χ2n) is 6.56. The molecular weight excluding hydrogens is 352 g/mol. The third-order valence-corrected chi connectivity index (χ3v) is 4.43. The Morgan fingerprint density at radius 2 is 1.71 bits per heavy atom. The summed E-state index contributed by atoms with van der Waals surface area (Å²) in [5.41, 5.74) is 2.93. The number of hydrogen-bond donors (Lipinski definition) is 3. The normalized spacial score (nSPS) is 11.6. The van der Waals surface area contributed by atoms with Crippen molar-refractivity contribution in [1.29, 1.82) is 5.41 Å². The molecule has 3 rings (SSSR count). The number of pyridine rings is 1. The molecule has 2 amide bonds. The smallest absolute Gasteiger partial charge is 0.242 e. The van der Waals surface area contributed by atoms with Gasteiger partial charge in [0.15, 0.2) is 5.92 Å². The molecule has 1 heterocycles. The summed E-state index contributed by atoms with van der Waals surface area (Å²) in [5, 5.41) is 14.3. The number of carbonyl (C=O) groups is 2. The molecule has 1 atom stereocenters. The first-order chi connectivity index (χ1) is 13.5. The van der Waals surface area contributed by atoms with Gasteiger partial charge in [0.2, 0.25) is 11.8 Å². The van der Waals surface area contributed by atoms with Gasteiger partial charge in [-0.25, -0.2) is 0 Å². The number of carbonyl (C=O) groups excluding carboxylic acids is 2. The number of hydrogen-bond acceptors (Lipinski definition) is 4. The molecule has 0 aliphatic rings. The number of aryl methyl sites for hydroxylation is 1. The van der Waals surface area contributed by atoms with Crippen molar-refractivity contribution in [2.45, 2.75) is 20.3 Å². The Morgan fingerprint density at radius 1 is 1.00 bits per heavy atom. The second kappa shape index (κ2) is 8.43. The number of benzene rings is 2. The van der Waals surface area contributed by atoms with E-state index in [1.54, 1.807) is 24.4 Å². The molecule has 0 radical (unpaired) electrons. The Balaban J connectivity index is 1.77. The number of aromatic nitrogens is 1. The molecule has 142 valence electrons. The lowest BCUT2D eigenvalue weighted by atomic mass is 10.0. The molecule has 0 aliphatic carbocycles. The molecular formula is C22H22N4O2. The minimum Gasteiger partial charge on any atom is -0.325 e. The van der Waals surface area contributed by atoms with Gasteiger partial charge in [0.1, 0.15) is 0 Å². The van der Waals surface area contributed by atoms with Gasteiger partial charge in [0.25, 0.3) is 0 Å². The largest absolute Gasteiger partial charge is 0.325 e. The number of nitrogens with zero attached hydrogens (tertiary/aromatic N) is 1. The number of amides is 2. The Morgan fingerprint density at radius 3 is 2.39 bits per heavy atom. The van der Waals surface area contributed by atoms with Crippen LogP contribution in [0.4, 0.5) is 11.4 Å². The van der Waals surface area contributed by atoms with E-state index < -0.39 is 17.7 Å². The zero-order valence-corrected chi connectivity index (χ0v) is 15.8. The fourth-order valence-corrected chi connectivity index (χ4v) is 2.95. The standard InChI is InChI=1S/C22H22N4O2/c1-3-15-6-4-8-17(12-15)25-21(27)20(14(2)23)22(28)26-18-10-9-16-7-5-11-24-19(16)13-18/h4-13,20,23H,3H2,1-2H3,(H,25,27)(H,26,28). The van der Waals surface area contributed by atoms with Crippen molar-refractivity contribution in [2.24, 2.45) is 5.92 Å². The summed E-state index contributed by atoms with van der Waals surface area (Å²) < 4.78 is 0. The third-order valence-electron chi connectivity index (χ3n) is 4.43. The highest BCUT2D eigenvalue weighted by atomic mass is 16.2. The Labute approximate surface area is 163 Å². The van der Waals surface area contributed by atoms with Gasteiger partial charge in [0.05, 0.1) is 5.52 Å². The molecule has 6 heteroatoms. The zero-order valence-electron chi connectivity index (χ0n) is 15.8. The lowest BCUT2D eigenvalue weighted by Crippen LogP contribution is -2.38. The van der Waals surface area contributed by atoms with Crippen molar-refractivity contribution in [2.75, 3.05) is 10.6 Å². The molecule has 0 aliphatic heterocycles. The van der Waals surface area contributed by atoms with Gasteiger partial charge in [-0.3, -0.25) is 14.6 Å². The molecule has 0 bridgehead atoms. The van der Waals surface area contributed by atoms with Crippen LogP contribution in [0.3, 0.4) is 0 Å². The van der Waals surface area contributed by atoms with Crippen LogP contribution < -0.4 is 10.6 Å². The molecule has 1 unspecified atom stereocenters. The van der Waals surface area contributed by atoms with Crippen LogP contribution in [0.15, 0.2) is 60.8 Å². The number of rotatable bonds is 6. The summed E-state index contributed by atoms with van der Waals surface area (Å²) in [6, 6.07) is 16.6. The highest BCUT2D eigenvalue weighted by Gasteiger charge is 2.29. The van der Waals surface area contributed by atoms with E-state index in [4.69, 9.17) is 5.41 Å². The summed E-state index contributed by atoms with van der Waals surface area (Å²) in [5.74, 6) is -2.30. The van der Waals surface area contributed by atoms with Crippen molar-refractivity contribution in [3.8, 4) is 0 Å². The quantitative estimate of drug-likeness (QED) is 0.449. The Bertz CT molecular complexity index is 1050. The maximum absolute atomic E-state index is 12.7. The molecule has 2 aromatic carbocycles. The van der Waals surface area contributed by atoms with Crippen molar-refractivity contribution >= 4 is 39.8 Å². The predicted molar refractivity (Wildman–Crippen MR) is 112 cm³/mol. The molecule has 3 N–H and O–H groups in total. The minimum absolute atomic E-state index is 0.0273. The summed E-state index contributed by atoms with van der Waals surface area (Å²) in [6.45, 7) is 3.48. The maximum atomic E-state index is 12.7. The van der Waals surface area contributed by atoms with Gasteiger partial charge in [-0.15, -0.1) is 0 Å². The topological polar surface area (TPSA) is 94.9 Å². The highest BCUT2D eigenvalue weighted by molar-refractivity contribution is 6.24. The lowest BCUT2D eigenvalue weighted by molar-refractivity contribution is -0.126. The average molecular weight is 374 g/mol. The molecule has 6 nitrogen and oxygen atoms in total. The van der Waals surface area contributed by atoms with Crippen LogP contribution >= 0.6 is 0 Å². The van der Waals surface area contributed by atoms with E-state index in [9.17, 15) is 9.59 Å². The van der Waals surface area contributed by atoms with E-state index in [-0.39, 0.29) is 5.71 Å². The van der Waals surface area contributed by atoms with Crippen LogP contribution in [0.5, 0.6) is 0 Å². The van der Waals surface area contributed by atoms with Crippen LogP contribution in [-0.4, -0.2) is 22.5 Å². The van der Waals surface area contributed by atoms with E-state index >= 15 is 0 Å². The lowest BCUT2D eigenvalue weighted by Gasteiger charge is -2.16. The minimum atomic E-state index is -1.22. The van der Waals surface area contributed by atoms with Crippen LogP contribution in [0.1, 0.15) is 19.4 Å². The Kier molecular flexibility index (Phi) is 5.79. The van der Waals surface area contributed by atoms with Crippen molar-refractivity contribution in [1.82, 2.24) is 4.98 Å². The molecule has 0 saturated carbocycles. The van der Waals surface area contributed by atoms with E-state index in [1.807, 2.05) is 43.3 Å².